The number of pyridine rings is 1. The van der Waals surface area contributed by atoms with Crippen molar-refractivity contribution < 1.29 is 4.79 Å². The van der Waals surface area contributed by atoms with Crippen molar-refractivity contribution in [2.45, 2.75) is 0 Å². The molecule has 0 fully saturated rings. The average molecular weight is 291 g/mol. The third-order valence-corrected chi connectivity index (χ3v) is 2.82. The number of amides is 2. The molecule has 104 valence electrons. The van der Waals surface area contributed by atoms with Gasteiger partial charge in [-0.1, -0.05) is 11.6 Å². The van der Waals surface area contributed by atoms with E-state index in [1.54, 1.807) is 36.5 Å². The van der Waals surface area contributed by atoms with Gasteiger partial charge < -0.3 is 15.5 Å². The molecule has 0 bridgehead atoms. The molecule has 2 rings (SSSR count). The highest BCUT2D eigenvalue weighted by Gasteiger charge is 2.03. The molecule has 0 aliphatic heterocycles. The minimum atomic E-state index is -0.327. The molecule has 5 nitrogen and oxygen atoms in total. The molecule has 2 aromatic rings. The number of carbonyl (C=O) groups excluding carboxylic acids is 1. The zero-order valence-corrected chi connectivity index (χ0v) is 12.0. The number of anilines is 3. The fourth-order valence-corrected chi connectivity index (χ4v) is 1.68. The molecule has 0 aliphatic carbocycles. The molecule has 0 aliphatic rings. The van der Waals surface area contributed by atoms with Gasteiger partial charge in [-0.3, -0.25) is 0 Å². The Labute approximate surface area is 122 Å². The van der Waals surface area contributed by atoms with Gasteiger partial charge in [0.05, 0.1) is 11.9 Å². The number of urea groups is 1. The van der Waals surface area contributed by atoms with Gasteiger partial charge in [-0.05, 0) is 36.4 Å². The van der Waals surface area contributed by atoms with Crippen molar-refractivity contribution in [1.29, 1.82) is 0 Å². The Bertz CT molecular complexity index is 581. The van der Waals surface area contributed by atoms with Crippen molar-refractivity contribution in [2.75, 3.05) is 29.6 Å². The summed E-state index contributed by atoms with van der Waals surface area (Å²) in [7, 11) is 3.81. The summed E-state index contributed by atoms with van der Waals surface area (Å²) in [6.07, 6.45) is 1.61. The molecule has 1 aromatic carbocycles. The van der Waals surface area contributed by atoms with Crippen LogP contribution in [0, 0.1) is 0 Å². The van der Waals surface area contributed by atoms with Crippen LogP contribution < -0.4 is 15.5 Å². The lowest BCUT2D eigenvalue weighted by Crippen LogP contribution is -2.19. The molecule has 1 aromatic heterocycles. The molecule has 0 radical (unpaired) electrons. The number of carbonyl (C=O) groups is 1. The van der Waals surface area contributed by atoms with E-state index in [-0.39, 0.29) is 6.03 Å². The monoisotopic (exact) mass is 290 g/mol. The van der Waals surface area contributed by atoms with E-state index in [9.17, 15) is 4.79 Å². The van der Waals surface area contributed by atoms with Gasteiger partial charge in [0.25, 0.3) is 0 Å². The number of nitrogens with one attached hydrogen (secondary N) is 2. The van der Waals surface area contributed by atoms with E-state index in [2.05, 4.69) is 15.6 Å². The van der Waals surface area contributed by atoms with Gasteiger partial charge in [0.1, 0.15) is 5.82 Å². The van der Waals surface area contributed by atoms with Crippen LogP contribution in [0.15, 0.2) is 42.6 Å². The zero-order chi connectivity index (χ0) is 14.5. The summed E-state index contributed by atoms with van der Waals surface area (Å²) >= 11 is 5.78. The Kier molecular flexibility index (Phi) is 4.42. The largest absolute Gasteiger partial charge is 0.363 e. The van der Waals surface area contributed by atoms with E-state index in [1.165, 1.54) is 0 Å². The first kappa shape index (κ1) is 14.1. The van der Waals surface area contributed by atoms with E-state index in [0.717, 1.165) is 5.82 Å². The van der Waals surface area contributed by atoms with Crippen molar-refractivity contribution in [3.05, 3.63) is 47.6 Å². The number of hydrogen-bond acceptors (Lipinski definition) is 3. The highest BCUT2D eigenvalue weighted by Crippen LogP contribution is 2.15. The van der Waals surface area contributed by atoms with E-state index in [4.69, 9.17) is 11.6 Å². The lowest BCUT2D eigenvalue weighted by molar-refractivity contribution is 0.262. The molecule has 0 atom stereocenters. The van der Waals surface area contributed by atoms with Crippen molar-refractivity contribution >= 4 is 34.8 Å². The molecular formula is C14H15ClN4O. The van der Waals surface area contributed by atoms with Gasteiger partial charge in [0.2, 0.25) is 0 Å². The first-order chi connectivity index (χ1) is 9.54. The maximum Gasteiger partial charge on any atom is 0.323 e. The fourth-order valence-electron chi connectivity index (χ4n) is 1.55. The van der Waals surface area contributed by atoms with Crippen LogP contribution in [0.3, 0.4) is 0 Å². The molecule has 0 spiro atoms. The summed E-state index contributed by atoms with van der Waals surface area (Å²) < 4.78 is 0. The number of rotatable bonds is 3. The fraction of sp³-hybridized carbons (Fsp3) is 0.143. The molecule has 0 saturated carbocycles. The smallest absolute Gasteiger partial charge is 0.323 e. The van der Waals surface area contributed by atoms with E-state index in [1.807, 2.05) is 25.1 Å². The van der Waals surface area contributed by atoms with Crippen LogP contribution in [0.25, 0.3) is 0 Å². The number of hydrogen-bond donors (Lipinski definition) is 2. The number of halogens is 1. The lowest BCUT2D eigenvalue weighted by atomic mass is 10.3. The van der Waals surface area contributed by atoms with Crippen molar-refractivity contribution in [2.24, 2.45) is 0 Å². The van der Waals surface area contributed by atoms with E-state index in [0.29, 0.717) is 16.4 Å². The van der Waals surface area contributed by atoms with Gasteiger partial charge >= 0.3 is 6.03 Å². The first-order valence-corrected chi connectivity index (χ1v) is 6.39. The summed E-state index contributed by atoms with van der Waals surface area (Å²) in [6.45, 7) is 0. The molecule has 1 heterocycles. The highest BCUT2D eigenvalue weighted by atomic mass is 35.5. The Morgan fingerprint density at radius 3 is 2.20 bits per heavy atom. The van der Waals surface area contributed by atoms with Crippen LogP contribution >= 0.6 is 11.6 Å². The standard InChI is InChI=1S/C14H15ClN4O/c1-19(2)13-8-7-12(9-16-13)18-14(20)17-11-5-3-10(15)4-6-11/h3-9H,1-2H3,(H2,17,18,20). The summed E-state index contributed by atoms with van der Waals surface area (Å²) in [5.74, 6) is 0.827. The van der Waals surface area contributed by atoms with Gasteiger partial charge in [-0.25, -0.2) is 9.78 Å². The second-order valence-electron chi connectivity index (χ2n) is 4.39. The van der Waals surface area contributed by atoms with Crippen molar-refractivity contribution in [3.8, 4) is 0 Å². The van der Waals surface area contributed by atoms with Crippen LogP contribution in [0.2, 0.25) is 5.02 Å². The minimum absolute atomic E-state index is 0.327. The van der Waals surface area contributed by atoms with Crippen LogP contribution in [0.5, 0.6) is 0 Å². The van der Waals surface area contributed by atoms with Crippen LogP contribution in [0.4, 0.5) is 22.0 Å². The highest BCUT2D eigenvalue weighted by molar-refractivity contribution is 6.30. The first-order valence-electron chi connectivity index (χ1n) is 6.01. The van der Waals surface area contributed by atoms with Gasteiger partial charge in [-0.15, -0.1) is 0 Å². The predicted molar refractivity (Wildman–Crippen MR) is 82.7 cm³/mol. The summed E-state index contributed by atoms with van der Waals surface area (Å²) in [5, 5.41) is 6.04. The van der Waals surface area contributed by atoms with Crippen LogP contribution in [-0.2, 0) is 0 Å². The minimum Gasteiger partial charge on any atom is -0.363 e. The zero-order valence-electron chi connectivity index (χ0n) is 11.2. The van der Waals surface area contributed by atoms with Crippen LogP contribution in [-0.4, -0.2) is 25.1 Å². The molecule has 0 unspecified atom stereocenters. The van der Waals surface area contributed by atoms with Gasteiger partial charge in [0.15, 0.2) is 0 Å². The molecule has 2 N–H and O–H groups in total. The summed E-state index contributed by atoms with van der Waals surface area (Å²) in [5.41, 5.74) is 1.30. The Morgan fingerprint density at radius 1 is 1.05 bits per heavy atom. The van der Waals surface area contributed by atoms with E-state index >= 15 is 0 Å². The predicted octanol–water partition coefficient (Wildman–Crippen LogP) is 3.45. The van der Waals surface area contributed by atoms with Crippen molar-refractivity contribution in [1.82, 2.24) is 4.98 Å². The Morgan fingerprint density at radius 2 is 1.65 bits per heavy atom. The number of benzene rings is 1. The number of nitrogens with zero attached hydrogens (tertiary/aromatic N) is 2. The number of aromatic nitrogens is 1. The maximum atomic E-state index is 11.8. The Hall–Kier alpha value is -2.27. The molecular weight excluding hydrogens is 276 g/mol. The molecule has 20 heavy (non-hydrogen) atoms. The quantitative estimate of drug-likeness (QED) is 0.910. The Balaban J connectivity index is 1.95. The lowest BCUT2D eigenvalue weighted by Gasteiger charge is -2.12. The van der Waals surface area contributed by atoms with Gasteiger partial charge in [0, 0.05) is 24.8 Å². The topological polar surface area (TPSA) is 57.3 Å². The second kappa shape index (κ2) is 6.25. The van der Waals surface area contributed by atoms with Gasteiger partial charge in [-0.2, -0.15) is 0 Å². The maximum absolute atomic E-state index is 11.8. The SMILES string of the molecule is CN(C)c1ccc(NC(=O)Nc2ccc(Cl)cc2)cn1. The molecule has 6 heteroatoms. The third kappa shape index (κ3) is 3.86. The molecule has 2 amide bonds. The summed E-state index contributed by atoms with van der Waals surface area (Å²) in [4.78, 5) is 17.9. The normalized spacial score (nSPS) is 9.95. The third-order valence-electron chi connectivity index (χ3n) is 2.57. The second-order valence-corrected chi connectivity index (χ2v) is 4.82. The summed E-state index contributed by atoms with van der Waals surface area (Å²) in [6, 6.07) is 10.2. The molecule has 0 saturated heterocycles. The van der Waals surface area contributed by atoms with Crippen molar-refractivity contribution in [3.63, 3.8) is 0 Å². The van der Waals surface area contributed by atoms with E-state index < -0.39 is 0 Å². The van der Waals surface area contributed by atoms with Crippen LogP contribution in [0.1, 0.15) is 0 Å². The average Bonchev–Trinajstić information content (AvgIpc) is 2.42.